The van der Waals surface area contributed by atoms with Crippen LogP contribution < -0.4 is 10.6 Å². The first kappa shape index (κ1) is 21.7. The third-order valence-corrected chi connectivity index (χ3v) is 6.86. The van der Waals surface area contributed by atoms with Gasteiger partial charge in [0.05, 0.1) is 26.8 Å². The van der Waals surface area contributed by atoms with Crippen LogP contribution in [0.1, 0.15) is 54.9 Å². The predicted molar refractivity (Wildman–Crippen MR) is 128 cm³/mol. The summed E-state index contributed by atoms with van der Waals surface area (Å²) >= 11 is 12.5. The van der Waals surface area contributed by atoms with Gasteiger partial charge in [0.2, 0.25) is 5.95 Å². The van der Waals surface area contributed by atoms with E-state index >= 15 is 0 Å². The number of nitrogens with zero attached hydrogens (tertiary/aromatic N) is 1. The highest BCUT2D eigenvalue weighted by atomic mass is 35.5. The lowest BCUT2D eigenvalue weighted by Gasteiger charge is -2.36. The third kappa shape index (κ3) is 4.73. The van der Waals surface area contributed by atoms with E-state index in [0.29, 0.717) is 33.6 Å². The van der Waals surface area contributed by atoms with Gasteiger partial charge in [0.15, 0.2) is 6.29 Å². The molecule has 1 heterocycles. The third-order valence-electron chi connectivity index (χ3n) is 6.20. The number of aromatic amines is 1. The van der Waals surface area contributed by atoms with Gasteiger partial charge >= 0.3 is 0 Å². The second-order valence-corrected chi connectivity index (χ2v) is 9.30. The fourth-order valence-corrected chi connectivity index (χ4v) is 4.53. The second-order valence-electron chi connectivity index (χ2n) is 8.49. The average molecular weight is 457 g/mol. The number of rotatable bonds is 7. The zero-order valence-corrected chi connectivity index (χ0v) is 19.0. The van der Waals surface area contributed by atoms with Gasteiger partial charge in [-0.3, -0.25) is 4.79 Å². The lowest BCUT2D eigenvalue weighted by molar-refractivity contribution is 0.112. The van der Waals surface area contributed by atoms with Crippen molar-refractivity contribution < 1.29 is 4.79 Å². The summed E-state index contributed by atoms with van der Waals surface area (Å²) in [6.07, 6.45) is 6.95. The number of nitrogens with one attached hydrogen (secondary N) is 3. The maximum atomic E-state index is 11.1. The number of aromatic nitrogens is 2. The zero-order valence-electron chi connectivity index (χ0n) is 17.5. The first-order valence-electron chi connectivity index (χ1n) is 10.5. The molecule has 0 unspecified atom stereocenters. The number of halogens is 2. The van der Waals surface area contributed by atoms with E-state index in [1.807, 2.05) is 18.2 Å². The molecule has 1 aliphatic carbocycles. The highest BCUT2D eigenvalue weighted by molar-refractivity contribution is 6.34. The van der Waals surface area contributed by atoms with Crippen molar-refractivity contribution in [2.45, 2.75) is 45.6 Å². The summed E-state index contributed by atoms with van der Waals surface area (Å²) in [7, 11) is 0. The molecule has 162 valence electrons. The minimum Gasteiger partial charge on any atom is -0.384 e. The Morgan fingerprint density at radius 1 is 1.19 bits per heavy atom. The maximum absolute atomic E-state index is 11.1. The number of fused-ring (bicyclic) bond motifs is 1. The Balaban J connectivity index is 1.48. The van der Waals surface area contributed by atoms with Gasteiger partial charge in [-0.15, -0.1) is 0 Å². The molecular weight excluding hydrogens is 431 g/mol. The average Bonchev–Trinajstić information content (AvgIpc) is 3.14. The standard InChI is InChI=1S/C24H26Cl2N4O/c1-15(24(2)8-4-3-5-9-24)27-13-16-6-7-18(25)20(10-16)28-23-29-21-11-17(14-31)19(26)12-22(21)30-23/h6-7,10-12,14,27H,1,3-5,8-9,13H2,2H3,(H2,28,29,30). The van der Waals surface area contributed by atoms with Gasteiger partial charge < -0.3 is 15.6 Å². The Morgan fingerprint density at radius 2 is 1.97 bits per heavy atom. The Morgan fingerprint density at radius 3 is 2.71 bits per heavy atom. The number of hydrogen-bond acceptors (Lipinski definition) is 4. The van der Waals surface area contributed by atoms with Crippen molar-refractivity contribution in [3.8, 4) is 0 Å². The largest absolute Gasteiger partial charge is 0.384 e. The Labute approximate surface area is 192 Å². The first-order chi connectivity index (χ1) is 14.9. The molecular formula is C24H26Cl2N4O. The van der Waals surface area contributed by atoms with Crippen molar-refractivity contribution in [2.24, 2.45) is 5.41 Å². The number of hydrogen-bond donors (Lipinski definition) is 3. The van der Waals surface area contributed by atoms with Gasteiger partial charge in [-0.05, 0) is 42.7 Å². The van der Waals surface area contributed by atoms with E-state index in [1.165, 1.54) is 32.1 Å². The summed E-state index contributed by atoms with van der Waals surface area (Å²) in [4.78, 5) is 18.8. The van der Waals surface area contributed by atoms with Crippen molar-refractivity contribution >= 4 is 52.2 Å². The topological polar surface area (TPSA) is 69.8 Å². The fraction of sp³-hybridized carbons (Fsp3) is 0.333. The van der Waals surface area contributed by atoms with Crippen LogP contribution in [0.4, 0.5) is 11.6 Å². The number of allylic oxidation sites excluding steroid dienone is 1. The molecule has 3 N–H and O–H groups in total. The molecule has 0 amide bonds. The lowest BCUT2D eigenvalue weighted by atomic mass is 9.73. The van der Waals surface area contributed by atoms with Gasteiger partial charge in [0.25, 0.3) is 0 Å². The van der Waals surface area contributed by atoms with Gasteiger partial charge in [0.1, 0.15) is 0 Å². The molecule has 31 heavy (non-hydrogen) atoms. The number of H-pyrrole nitrogens is 1. The SMILES string of the molecule is C=C(NCc1ccc(Cl)c(Nc2nc3cc(C=O)c(Cl)cc3[nH]2)c1)C1(C)CCCCC1. The number of carbonyl (C=O) groups is 1. The van der Waals surface area contributed by atoms with Crippen molar-refractivity contribution in [3.05, 3.63) is 63.8 Å². The normalized spacial score (nSPS) is 15.6. The molecule has 0 bridgehead atoms. The molecule has 0 radical (unpaired) electrons. The summed E-state index contributed by atoms with van der Waals surface area (Å²) in [6.45, 7) is 7.30. The molecule has 1 aromatic heterocycles. The summed E-state index contributed by atoms with van der Waals surface area (Å²) in [5.74, 6) is 0.528. The molecule has 1 aliphatic rings. The van der Waals surface area contributed by atoms with Crippen LogP contribution in [0, 0.1) is 5.41 Å². The Kier molecular flexibility index (Phi) is 6.26. The Bertz CT molecular complexity index is 1130. The molecule has 0 atom stereocenters. The molecule has 1 saturated carbocycles. The second kappa shape index (κ2) is 8.93. The maximum Gasteiger partial charge on any atom is 0.205 e. The van der Waals surface area contributed by atoms with Gasteiger partial charge in [-0.25, -0.2) is 4.98 Å². The van der Waals surface area contributed by atoms with Crippen LogP contribution >= 0.6 is 23.2 Å². The number of imidazole rings is 1. The van der Waals surface area contributed by atoms with Crippen LogP contribution in [-0.4, -0.2) is 16.3 Å². The van der Waals surface area contributed by atoms with E-state index in [0.717, 1.165) is 28.8 Å². The summed E-state index contributed by atoms with van der Waals surface area (Å²) in [5.41, 5.74) is 4.92. The number of anilines is 2. The molecule has 3 aromatic rings. The van der Waals surface area contributed by atoms with Crippen LogP contribution in [-0.2, 0) is 6.54 Å². The van der Waals surface area contributed by atoms with Crippen molar-refractivity contribution in [1.29, 1.82) is 0 Å². The van der Waals surface area contributed by atoms with Crippen LogP contribution in [0.3, 0.4) is 0 Å². The molecule has 0 aliphatic heterocycles. The van der Waals surface area contributed by atoms with Crippen LogP contribution in [0.25, 0.3) is 11.0 Å². The number of aldehydes is 1. The van der Waals surface area contributed by atoms with Gasteiger partial charge in [-0.1, -0.05) is 62.0 Å². The molecule has 4 rings (SSSR count). The molecule has 5 nitrogen and oxygen atoms in total. The smallest absolute Gasteiger partial charge is 0.205 e. The van der Waals surface area contributed by atoms with Gasteiger partial charge in [0, 0.05) is 23.2 Å². The number of carbonyl (C=O) groups excluding carboxylic acids is 1. The lowest BCUT2D eigenvalue weighted by Crippen LogP contribution is -2.30. The van der Waals surface area contributed by atoms with E-state index in [-0.39, 0.29) is 5.41 Å². The van der Waals surface area contributed by atoms with Crippen LogP contribution in [0.15, 0.2) is 42.6 Å². The van der Waals surface area contributed by atoms with Crippen LogP contribution in [0.5, 0.6) is 0 Å². The molecule has 2 aromatic carbocycles. The minimum absolute atomic E-state index is 0.168. The summed E-state index contributed by atoms with van der Waals surface area (Å²) < 4.78 is 0. The molecule has 0 saturated heterocycles. The zero-order chi connectivity index (χ0) is 22.0. The van der Waals surface area contributed by atoms with Gasteiger partial charge in [-0.2, -0.15) is 0 Å². The van der Waals surface area contributed by atoms with E-state index in [1.54, 1.807) is 12.1 Å². The predicted octanol–water partition coefficient (Wildman–Crippen LogP) is 7.00. The minimum atomic E-state index is 0.168. The quantitative estimate of drug-likeness (QED) is 0.334. The van der Waals surface area contributed by atoms with E-state index in [2.05, 4.69) is 34.1 Å². The number of benzene rings is 2. The Hall–Kier alpha value is -2.50. The van der Waals surface area contributed by atoms with Crippen molar-refractivity contribution in [1.82, 2.24) is 15.3 Å². The molecule has 7 heteroatoms. The monoisotopic (exact) mass is 456 g/mol. The van der Waals surface area contributed by atoms with Crippen LogP contribution in [0.2, 0.25) is 10.0 Å². The fourth-order valence-electron chi connectivity index (χ4n) is 4.16. The summed E-state index contributed by atoms with van der Waals surface area (Å²) in [6, 6.07) is 9.23. The molecule has 0 spiro atoms. The van der Waals surface area contributed by atoms with E-state index < -0.39 is 0 Å². The molecule has 1 fully saturated rings. The first-order valence-corrected chi connectivity index (χ1v) is 11.3. The van der Waals surface area contributed by atoms with Crippen molar-refractivity contribution in [3.63, 3.8) is 0 Å². The summed E-state index contributed by atoms with van der Waals surface area (Å²) in [5, 5.41) is 7.74. The van der Waals surface area contributed by atoms with E-state index in [9.17, 15) is 4.79 Å². The van der Waals surface area contributed by atoms with E-state index in [4.69, 9.17) is 23.2 Å². The van der Waals surface area contributed by atoms with Crippen molar-refractivity contribution in [2.75, 3.05) is 5.32 Å². The highest BCUT2D eigenvalue weighted by Gasteiger charge is 2.29. The highest BCUT2D eigenvalue weighted by Crippen LogP contribution is 2.40.